The van der Waals surface area contributed by atoms with Crippen LogP contribution >= 0.6 is 23.4 Å². The van der Waals surface area contributed by atoms with Crippen LogP contribution in [0.1, 0.15) is 147 Å². The molecule has 2 aromatic carbocycles. The molecule has 5 aromatic rings. The minimum atomic E-state index is -4.28. The molecule has 17 nitrogen and oxygen atoms in total. The summed E-state index contributed by atoms with van der Waals surface area (Å²) in [6.07, 6.45) is -13.6. The molecular weight excluding hydrogens is 1370 g/mol. The van der Waals surface area contributed by atoms with Crippen molar-refractivity contribution in [3.8, 4) is 17.2 Å². The Morgan fingerprint density at radius 3 is 1.65 bits per heavy atom. The fourth-order valence-electron chi connectivity index (χ4n) is 9.37. The van der Waals surface area contributed by atoms with Crippen molar-refractivity contribution in [3.63, 3.8) is 0 Å². The number of imidazole rings is 1. The first-order valence-electron chi connectivity index (χ1n) is 28.8. The zero-order valence-electron chi connectivity index (χ0n) is 52.3. The van der Waals surface area contributed by atoms with Gasteiger partial charge in [0, 0.05) is 48.0 Å². The Morgan fingerprint density at radius 2 is 1.20 bits per heavy atom. The second kappa shape index (κ2) is 33.8. The molecule has 3 aromatic heterocycles. The molecule has 91 heavy (non-hydrogen) atoms. The monoisotopic (exact) mass is 1450 g/mol. The average Bonchev–Trinajstić information content (AvgIpc) is 1.69. The molecule has 9 N–H and O–H groups in total. The van der Waals surface area contributed by atoms with Gasteiger partial charge >= 0.3 is 40.3 Å². The molecule has 4 amide bonds. The van der Waals surface area contributed by atoms with Gasteiger partial charge in [-0.1, -0.05) is 71.3 Å². The number of fused-ring (bicyclic) bond motifs is 1. The number of aromatic nitrogens is 4. The number of aryl methyl sites for hydroxylation is 1. The summed E-state index contributed by atoms with van der Waals surface area (Å²) in [6.45, 7) is 13.2. The minimum absolute atomic E-state index is 0.0414. The van der Waals surface area contributed by atoms with E-state index in [0.29, 0.717) is 41.6 Å². The number of halogens is 13. The summed E-state index contributed by atoms with van der Waals surface area (Å²) in [5.41, 5.74) is 14.4. The molecule has 31 heteroatoms. The number of nitrogens with two attached hydrogens (primary N) is 2. The Kier molecular flexibility index (Phi) is 27.9. The van der Waals surface area contributed by atoms with Crippen molar-refractivity contribution in [1.29, 1.82) is 5.86 Å². The van der Waals surface area contributed by atoms with Gasteiger partial charge in [-0.3, -0.25) is 19.2 Å². The molecule has 2 fully saturated rings. The zero-order valence-corrected chi connectivity index (χ0v) is 55.1. The summed E-state index contributed by atoms with van der Waals surface area (Å²) >= 11 is 6.32. The molecular formula is C60H75ClF11IN11O6S-. The first kappa shape index (κ1) is 75.1. The Hall–Kier alpha value is -6.62. The number of thiocyanates is 1. The Bertz CT molecular complexity index is 3370. The molecule has 2 aliphatic rings. The summed E-state index contributed by atoms with van der Waals surface area (Å²) in [4.78, 5) is 67.3. The van der Waals surface area contributed by atoms with Crippen molar-refractivity contribution in [3.05, 3.63) is 92.0 Å². The third kappa shape index (κ3) is 23.2. The topological polar surface area (TPSA) is 265 Å². The number of thioether (sulfide) groups is 1. The normalized spacial score (nSPS) is 17.0. The number of nitrogen functional groups attached to an aromatic ring is 2. The molecule has 0 bridgehead atoms. The number of pyridine rings is 2. The van der Waals surface area contributed by atoms with Crippen molar-refractivity contribution in [2.24, 2.45) is 22.7 Å². The Labute approximate surface area is 543 Å². The molecule has 2 saturated carbocycles. The summed E-state index contributed by atoms with van der Waals surface area (Å²) in [6, 6.07) is 8.53. The van der Waals surface area contributed by atoms with Crippen molar-refractivity contribution in [2.45, 2.75) is 168 Å². The SMILES string of the molecule is CC(C)(C)C(=O)NCc1ccc(Cl)c(SC#N)c1F.Cc1ccc(CNC(=O)C(C)(C)C)c(C)c1Cc1nc2nc(OCC(F)F)c(C(=O)NC3CCC(C(F)(F)F)CC3)cc2[nH]1.Nc1cc(C(=O)NC2CCC(C(F)(F)F)CC2)c(OCC(F)F)nc1N.[2H][I-]C. The third-order valence-corrected chi connectivity index (χ3v) is 15.7. The molecule has 0 radical (unpaired) electrons. The number of rotatable bonds is 17. The van der Waals surface area contributed by atoms with Gasteiger partial charge in [-0.2, -0.15) is 41.6 Å². The van der Waals surface area contributed by atoms with E-state index >= 15 is 0 Å². The van der Waals surface area contributed by atoms with Gasteiger partial charge < -0.3 is 47.2 Å². The number of anilines is 2. The number of carbonyl (C=O) groups is 4. The van der Waals surface area contributed by atoms with Crippen LogP contribution in [-0.2, 0) is 29.1 Å². The van der Waals surface area contributed by atoms with E-state index in [9.17, 15) is 67.5 Å². The van der Waals surface area contributed by atoms with Crippen LogP contribution in [0.15, 0.2) is 41.3 Å². The molecule has 0 saturated heterocycles. The van der Waals surface area contributed by atoms with Crippen molar-refractivity contribution in [2.75, 3.05) is 29.6 Å². The van der Waals surface area contributed by atoms with Crippen LogP contribution in [0.3, 0.4) is 0 Å². The summed E-state index contributed by atoms with van der Waals surface area (Å²) in [5.74, 6) is -5.39. The second-order valence-corrected chi connectivity index (χ2v) is 24.7. The maximum atomic E-state index is 14.1. The predicted molar refractivity (Wildman–Crippen MR) is 320 cm³/mol. The van der Waals surface area contributed by atoms with Gasteiger partial charge in [-0.25, -0.2) is 26.9 Å². The van der Waals surface area contributed by atoms with Crippen LogP contribution < -0.4 is 64.6 Å². The van der Waals surface area contributed by atoms with E-state index in [2.05, 4.69) is 41.2 Å². The molecule has 0 aliphatic heterocycles. The van der Waals surface area contributed by atoms with E-state index in [1.807, 2.05) is 51.7 Å². The number of amides is 4. The number of carbonyl (C=O) groups excluding carboxylic acids is 4. The number of nitrogens with one attached hydrogen (secondary N) is 5. The van der Waals surface area contributed by atoms with Crippen molar-refractivity contribution in [1.82, 2.24) is 41.2 Å². The van der Waals surface area contributed by atoms with E-state index in [4.69, 9.17) is 38.4 Å². The molecule has 0 spiro atoms. The molecule has 0 atom stereocenters. The van der Waals surface area contributed by atoms with E-state index in [0.717, 1.165) is 28.3 Å². The summed E-state index contributed by atoms with van der Waals surface area (Å²) in [7, 11) is 0. The summed E-state index contributed by atoms with van der Waals surface area (Å²) in [5, 5.41) is 21.5. The molecule has 504 valence electrons. The first-order valence-corrected chi connectivity index (χ1v) is 31.8. The van der Waals surface area contributed by atoms with Crippen molar-refractivity contribution < 1.29 is 99.3 Å². The fourth-order valence-corrected chi connectivity index (χ4v) is 10.1. The van der Waals surface area contributed by atoms with Gasteiger partial charge in [0.25, 0.3) is 24.7 Å². The number of nitrogens with zero attached hydrogens (tertiary/aromatic N) is 4. The fraction of sp³-hybridized carbons (Fsp3) is 0.533. The number of benzene rings is 2. The van der Waals surface area contributed by atoms with Crippen LogP contribution in [0.25, 0.3) is 11.2 Å². The maximum absolute atomic E-state index is 14.1. The zero-order chi connectivity index (χ0) is 69.2. The Balaban J connectivity index is 0.000000317. The second-order valence-electron chi connectivity index (χ2n) is 23.5. The molecule has 0 unspecified atom stereocenters. The number of H-pyrrole nitrogens is 1. The number of nitriles is 1. The molecule has 3 heterocycles. The first-order chi connectivity index (χ1) is 42.8. The van der Waals surface area contributed by atoms with E-state index < -0.39 is 96.7 Å². The van der Waals surface area contributed by atoms with Crippen LogP contribution in [0.4, 0.5) is 59.8 Å². The number of aromatic amines is 1. The van der Waals surface area contributed by atoms with E-state index in [1.54, 1.807) is 26.2 Å². The van der Waals surface area contributed by atoms with Crippen LogP contribution in [-0.4, -0.2) is 99.6 Å². The molecule has 2 aliphatic carbocycles. The molecule has 7 rings (SSSR count). The number of ether oxygens (including phenoxy) is 2. The third-order valence-electron chi connectivity index (χ3n) is 14.6. The van der Waals surface area contributed by atoms with Crippen LogP contribution in [0.5, 0.6) is 11.8 Å². The predicted octanol–water partition coefficient (Wildman–Crippen LogP) is 9.68. The van der Waals surface area contributed by atoms with Gasteiger partial charge in [-0.15, -0.1) is 0 Å². The standard InChI is InChI=1S/C31H38F5N5O3.C15H19F5N4O2.C13H14ClFN2OS.CH4I/c1-16-6-7-18(14-37-29(43)30(3,4)5)17(2)21(16)13-25-39-23-12-22(28(41-26(23)40-25)44-15-24(32)33)27(42)38-20-10-8-19(9-11-20)31(34,35)36;16-11(17)6-26-14-9(5-10(21)12(22)24-14)13(25)23-8-3-1-7(2-4-8)15(18,19)20;1-13(2,3)12(18)17-6-8-4-5-9(14)11(10(8)15)19-7-16;1-2/h6-7,12,19-20,24H,8-11,13-15H2,1-5H3,(H,37,43)(H,38,42)(H,39,40,41);5,7-8,11H,1-4,6,21H2,(H2,22,24)(H,23,25);4-5H,6H2,1-3H3,(H,17,18);2H,1H3/q;;;-1/i;;;2D. The van der Waals surface area contributed by atoms with E-state index in [-0.39, 0.29) is 136 Å². The Morgan fingerprint density at radius 1 is 0.747 bits per heavy atom. The van der Waals surface area contributed by atoms with Gasteiger partial charge in [-0.05, 0) is 117 Å². The van der Waals surface area contributed by atoms with Gasteiger partial charge in [0.15, 0.2) is 24.7 Å². The van der Waals surface area contributed by atoms with Gasteiger partial charge in [0.2, 0.25) is 23.6 Å². The van der Waals surface area contributed by atoms with Crippen LogP contribution in [0.2, 0.25) is 5.02 Å². The van der Waals surface area contributed by atoms with E-state index in [1.165, 1.54) is 18.2 Å². The quantitative estimate of drug-likeness (QED) is 0.0150. The summed E-state index contributed by atoms with van der Waals surface area (Å²) < 4.78 is 158. The van der Waals surface area contributed by atoms with Crippen LogP contribution in [0, 0.1) is 53.0 Å². The van der Waals surface area contributed by atoms with Gasteiger partial charge in [0.05, 0.1) is 33.0 Å². The van der Waals surface area contributed by atoms with Crippen molar-refractivity contribution >= 4 is 69.7 Å². The number of alkyl halides is 11. The number of hydrogen-bond acceptors (Lipinski definition) is 13. The van der Waals surface area contributed by atoms with Gasteiger partial charge in [0.1, 0.15) is 28.2 Å². The number of hydrogen-bond donors (Lipinski definition) is 7. The average molecular weight is 1450 g/mol.